The number of amides is 1. The average Bonchev–Trinajstić information content (AvgIpc) is 3.04. The molecule has 2 aliphatic heterocycles. The van der Waals surface area contributed by atoms with E-state index in [2.05, 4.69) is 11.9 Å². The van der Waals surface area contributed by atoms with Crippen molar-refractivity contribution in [1.29, 1.82) is 0 Å². The fraction of sp³-hybridized carbons (Fsp3) is 0.421. The first-order valence-corrected chi connectivity index (χ1v) is 8.59. The van der Waals surface area contributed by atoms with Crippen LogP contribution in [0.4, 0.5) is 5.69 Å². The Labute approximate surface area is 142 Å². The summed E-state index contributed by atoms with van der Waals surface area (Å²) in [4.78, 5) is 17.2. The zero-order chi connectivity index (χ0) is 16.7. The van der Waals surface area contributed by atoms with Gasteiger partial charge in [0.2, 0.25) is 0 Å². The number of likely N-dealkylation sites (tertiary alicyclic amines) is 1. The molecule has 0 radical (unpaired) electrons. The number of likely N-dealkylation sites (N-methyl/N-ethyl adjacent to an activating group) is 1. The lowest BCUT2D eigenvalue weighted by Gasteiger charge is -2.48. The molecule has 2 N–H and O–H groups in total. The predicted octanol–water partition coefficient (Wildman–Crippen LogP) is 2.84. The molecule has 0 unspecified atom stereocenters. The number of hydrogen-bond acceptors (Lipinski definition) is 4. The summed E-state index contributed by atoms with van der Waals surface area (Å²) in [6.07, 6.45) is 3.61. The van der Waals surface area contributed by atoms with E-state index in [1.165, 1.54) is 19.3 Å². The third-order valence-corrected chi connectivity index (χ3v) is 5.39. The van der Waals surface area contributed by atoms with E-state index in [9.17, 15) is 4.79 Å². The molecule has 1 aromatic heterocycles. The molecule has 2 aromatic rings. The number of carbonyl (C=O) groups is 1. The zero-order valence-electron chi connectivity index (χ0n) is 13.9. The smallest absolute Gasteiger partial charge is 0.289 e. The van der Waals surface area contributed by atoms with E-state index >= 15 is 0 Å². The molecular formula is C19H23N3O2. The summed E-state index contributed by atoms with van der Waals surface area (Å²) in [5.41, 5.74) is 7.36. The highest BCUT2D eigenvalue weighted by Crippen LogP contribution is 2.29. The Bertz CT molecular complexity index is 723. The van der Waals surface area contributed by atoms with E-state index in [1.807, 2.05) is 35.2 Å². The molecule has 2 aliphatic rings. The van der Waals surface area contributed by atoms with Crippen molar-refractivity contribution in [3.8, 4) is 11.3 Å². The number of piperidine rings is 1. The number of furan rings is 1. The van der Waals surface area contributed by atoms with Crippen LogP contribution >= 0.6 is 0 Å². The van der Waals surface area contributed by atoms with Gasteiger partial charge in [0, 0.05) is 36.4 Å². The molecule has 1 amide bonds. The SMILES string of the molecule is CN1[C@@H]2CCC[C@H]1CN(C(=O)c1ccc(-c3ccc(N)cc3)o1)C2. The average molecular weight is 325 g/mol. The minimum Gasteiger partial charge on any atom is -0.451 e. The number of hydrogen-bond donors (Lipinski definition) is 1. The number of nitrogens with two attached hydrogens (primary N) is 1. The molecule has 3 heterocycles. The van der Waals surface area contributed by atoms with Crippen molar-refractivity contribution in [1.82, 2.24) is 9.80 Å². The van der Waals surface area contributed by atoms with Crippen LogP contribution in [0.2, 0.25) is 0 Å². The lowest BCUT2D eigenvalue weighted by Crippen LogP contribution is -2.60. The minimum atomic E-state index is 0.00157. The number of nitrogens with zero attached hydrogens (tertiary/aromatic N) is 2. The second-order valence-electron chi connectivity index (χ2n) is 6.90. The second kappa shape index (κ2) is 5.98. The van der Waals surface area contributed by atoms with E-state index in [0.717, 1.165) is 18.7 Å². The Morgan fingerprint density at radius 3 is 2.42 bits per heavy atom. The highest BCUT2D eigenvalue weighted by atomic mass is 16.4. The first kappa shape index (κ1) is 15.3. The molecule has 2 bridgehead atoms. The number of fused-ring (bicyclic) bond motifs is 2. The summed E-state index contributed by atoms with van der Waals surface area (Å²) in [7, 11) is 2.18. The van der Waals surface area contributed by atoms with Crippen LogP contribution in [-0.4, -0.2) is 47.9 Å². The van der Waals surface area contributed by atoms with E-state index in [1.54, 1.807) is 6.07 Å². The third kappa shape index (κ3) is 2.69. The number of benzene rings is 1. The van der Waals surface area contributed by atoms with Crippen LogP contribution < -0.4 is 5.73 Å². The van der Waals surface area contributed by atoms with E-state index < -0.39 is 0 Å². The van der Waals surface area contributed by atoms with Gasteiger partial charge >= 0.3 is 0 Å². The maximum Gasteiger partial charge on any atom is 0.289 e. The first-order chi connectivity index (χ1) is 11.6. The molecule has 24 heavy (non-hydrogen) atoms. The fourth-order valence-electron chi connectivity index (χ4n) is 3.90. The van der Waals surface area contributed by atoms with Gasteiger partial charge in [-0.2, -0.15) is 0 Å². The molecule has 5 heteroatoms. The van der Waals surface area contributed by atoms with Crippen molar-refractivity contribution in [2.75, 3.05) is 25.9 Å². The largest absolute Gasteiger partial charge is 0.451 e. The lowest BCUT2D eigenvalue weighted by atomic mass is 9.92. The Morgan fingerprint density at radius 1 is 1.08 bits per heavy atom. The lowest BCUT2D eigenvalue weighted by molar-refractivity contribution is 0.00959. The van der Waals surface area contributed by atoms with Crippen LogP contribution in [0, 0.1) is 0 Å². The second-order valence-corrected chi connectivity index (χ2v) is 6.90. The van der Waals surface area contributed by atoms with Gasteiger partial charge in [0.1, 0.15) is 5.76 Å². The monoisotopic (exact) mass is 325 g/mol. The first-order valence-electron chi connectivity index (χ1n) is 8.59. The van der Waals surface area contributed by atoms with Crippen LogP contribution in [0.15, 0.2) is 40.8 Å². The van der Waals surface area contributed by atoms with Crippen LogP contribution in [0.1, 0.15) is 29.8 Å². The summed E-state index contributed by atoms with van der Waals surface area (Å²) in [5, 5.41) is 0. The van der Waals surface area contributed by atoms with Gasteiger partial charge in [-0.05, 0) is 56.3 Å². The molecular weight excluding hydrogens is 302 g/mol. The molecule has 0 saturated carbocycles. The van der Waals surface area contributed by atoms with Gasteiger partial charge in [0.25, 0.3) is 5.91 Å². The van der Waals surface area contributed by atoms with Crippen molar-refractivity contribution < 1.29 is 9.21 Å². The van der Waals surface area contributed by atoms with Gasteiger partial charge < -0.3 is 15.1 Å². The number of nitrogen functional groups attached to an aromatic ring is 1. The van der Waals surface area contributed by atoms with Crippen molar-refractivity contribution in [2.45, 2.75) is 31.3 Å². The van der Waals surface area contributed by atoms with Crippen LogP contribution in [-0.2, 0) is 0 Å². The molecule has 5 nitrogen and oxygen atoms in total. The fourth-order valence-corrected chi connectivity index (χ4v) is 3.90. The Balaban J connectivity index is 1.52. The summed E-state index contributed by atoms with van der Waals surface area (Å²) in [6, 6.07) is 12.1. The van der Waals surface area contributed by atoms with Crippen molar-refractivity contribution in [2.24, 2.45) is 0 Å². The van der Waals surface area contributed by atoms with E-state index in [0.29, 0.717) is 29.3 Å². The highest BCUT2D eigenvalue weighted by Gasteiger charge is 2.37. The predicted molar refractivity (Wildman–Crippen MR) is 93.6 cm³/mol. The van der Waals surface area contributed by atoms with Crippen molar-refractivity contribution in [3.63, 3.8) is 0 Å². The van der Waals surface area contributed by atoms with E-state index in [4.69, 9.17) is 10.2 Å². The topological polar surface area (TPSA) is 62.7 Å². The van der Waals surface area contributed by atoms with Crippen molar-refractivity contribution >= 4 is 11.6 Å². The summed E-state index contributed by atoms with van der Waals surface area (Å²) < 4.78 is 5.83. The molecule has 0 aliphatic carbocycles. The molecule has 1 aromatic carbocycles. The van der Waals surface area contributed by atoms with Crippen LogP contribution in [0.25, 0.3) is 11.3 Å². The number of piperazine rings is 1. The third-order valence-electron chi connectivity index (χ3n) is 5.39. The quantitative estimate of drug-likeness (QED) is 0.863. The summed E-state index contributed by atoms with van der Waals surface area (Å²) in [5.74, 6) is 1.12. The zero-order valence-corrected chi connectivity index (χ0v) is 13.9. The van der Waals surface area contributed by atoms with Gasteiger partial charge in [-0.1, -0.05) is 6.42 Å². The molecule has 126 valence electrons. The number of carbonyl (C=O) groups excluding carboxylic acids is 1. The normalized spacial score (nSPS) is 24.1. The van der Waals surface area contributed by atoms with E-state index in [-0.39, 0.29) is 5.91 Å². The summed E-state index contributed by atoms with van der Waals surface area (Å²) in [6.45, 7) is 1.59. The van der Waals surface area contributed by atoms with Gasteiger partial charge in [-0.15, -0.1) is 0 Å². The minimum absolute atomic E-state index is 0.00157. The van der Waals surface area contributed by atoms with Gasteiger partial charge in [-0.3, -0.25) is 9.69 Å². The van der Waals surface area contributed by atoms with Crippen LogP contribution in [0.3, 0.4) is 0 Å². The molecule has 2 fully saturated rings. The Kier molecular flexibility index (Phi) is 3.81. The molecule has 4 rings (SSSR count). The van der Waals surface area contributed by atoms with Gasteiger partial charge in [-0.25, -0.2) is 0 Å². The maximum absolute atomic E-state index is 12.8. The molecule has 2 saturated heterocycles. The number of rotatable bonds is 2. The Hall–Kier alpha value is -2.27. The molecule has 0 spiro atoms. The molecule has 2 atom stereocenters. The standard InChI is InChI=1S/C19H23N3O2/c1-21-15-3-2-4-16(21)12-22(11-15)19(23)18-10-9-17(24-18)13-5-7-14(20)8-6-13/h5-10,15-16H,2-4,11-12,20H2,1H3/t15-,16+. The maximum atomic E-state index is 12.8. The van der Waals surface area contributed by atoms with Crippen molar-refractivity contribution in [3.05, 3.63) is 42.2 Å². The van der Waals surface area contributed by atoms with Gasteiger partial charge in [0.15, 0.2) is 5.76 Å². The highest BCUT2D eigenvalue weighted by molar-refractivity contribution is 5.92. The number of anilines is 1. The van der Waals surface area contributed by atoms with Gasteiger partial charge in [0.05, 0.1) is 0 Å². The summed E-state index contributed by atoms with van der Waals surface area (Å²) >= 11 is 0. The Morgan fingerprint density at radius 2 is 1.75 bits per heavy atom. The van der Waals surface area contributed by atoms with Crippen LogP contribution in [0.5, 0.6) is 0 Å².